The summed E-state index contributed by atoms with van der Waals surface area (Å²) in [5.41, 5.74) is 2.83. The lowest BCUT2D eigenvalue weighted by molar-refractivity contribution is 0.563. The van der Waals surface area contributed by atoms with Crippen LogP contribution in [-0.4, -0.2) is 0 Å². The Morgan fingerprint density at radius 1 is 0.833 bits per heavy atom. The molecule has 0 spiro atoms. The number of hydrogen-bond donors (Lipinski definition) is 0. The highest BCUT2D eigenvalue weighted by Gasteiger charge is 2.13. The third kappa shape index (κ3) is 4.39. The van der Waals surface area contributed by atoms with E-state index < -0.39 is 0 Å². The van der Waals surface area contributed by atoms with E-state index in [0.717, 1.165) is 11.4 Å². The quantitative estimate of drug-likeness (QED) is 0.394. The predicted molar refractivity (Wildman–Crippen MR) is 106 cm³/mol. The number of rotatable bonds is 7. The topological polar surface area (TPSA) is 0 Å². The first-order chi connectivity index (χ1) is 11.8. The first kappa shape index (κ1) is 17.0. The van der Waals surface area contributed by atoms with Gasteiger partial charge in [0.25, 0.3) is 0 Å². The van der Waals surface area contributed by atoms with E-state index in [1.54, 1.807) is 0 Å². The second-order valence-corrected chi connectivity index (χ2v) is 7.07. The molecular weight excluding hydrogens is 312 g/mol. The van der Waals surface area contributed by atoms with Crippen LogP contribution < -0.4 is 0 Å². The van der Waals surface area contributed by atoms with E-state index in [-0.39, 0.29) is 0 Å². The molecule has 0 aliphatic carbocycles. The van der Waals surface area contributed by atoms with Gasteiger partial charge in [-0.05, 0) is 52.8 Å². The Labute approximate surface area is 150 Å². The predicted octanol–water partition coefficient (Wildman–Crippen LogP) is 7.40. The smallest absolute Gasteiger partial charge is 0.0406 e. The van der Waals surface area contributed by atoms with Crippen molar-refractivity contribution in [2.75, 3.05) is 0 Å². The average Bonchev–Trinajstić information content (AvgIpc) is 2.62. The first-order valence-corrected chi connectivity index (χ1v) is 9.37. The third-order valence-electron chi connectivity index (χ3n) is 4.79. The minimum Gasteiger partial charge on any atom is -0.0843 e. The van der Waals surface area contributed by atoms with E-state index in [2.05, 4.69) is 61.5 Å². The Morgan fingerprint density at radius 3 is 2.33 bits per heavy atom. The fourth-order valence-electron chi connectivity index (χ4n) is 3.41. The first-order valence-electron chi connectivity index (χ1n) is 8.99. The fourth-order valence-corrected chi connectivity index (χ4v) is 3.54. The van der Waals surface area contributed by atoms with Gasteiger partial charge >= 0.3 is 0 Å². The van der Waals surface area contributed by atoms with E-state index in [1.165, 1.54) is 47.6 Å². The molecular formula is C23H25Cl. The highest BCUT2D eigenvalue weighted by Crippen LogP contribution is 2.29. The highest BCUT2D eigenvalue weighted by atomic mass is 35.5. The number of hydrogen-bond acceptors (Lipinski definition) is 0. The Morgan fingerprint density at radius 2 is 1.58 bits per heavy atom. The van der Waals surface area contributed by atoms with Crippen LogP contribution in [0.25, 0.3) is 10.8 Å². The fraction of sp³-hybridized carbons (Fsp3) is 0.304. The number of halogens is 1. The lowest BCUT2D eigenvalue weighted by Gasteiger charge is -2.18. The third-order valence-corrected chi connectivity index (χ3v) is 5.05. The SMILES string of the molecule is CCCCCC(Cc1ccc2ccccc2c1)c1ccc(Cl)cc1. The van der Waals surface area contributed by atoms with E-state index in [4.69, 9.17) is 11.6 Å². The summed E-state index contributed by atoms with van der Waals surface area (Å²) in [4.78, 5) is 0. The number of fused-ring (bicyclic) bond motifs is 1. The van der Waals surface area contributed by atoms with Crippen LogP contribution in [0.3, 0.4) is 0 Å². The van der Waals surface area contributed by atoms with Gasteiger partial charge in [-0.3, -0.25) is 0 Å². The summed E-state index contributed by atoms with van der Waals surface area (Å²) in [7, 11) is 0. The van der Waals surface area contributed by atoms with Gasteiger partial charge < -0.3 is 0 Å². The molecule has 3 aromatic rings. The second kappa shape index (κ2) is 8.35. The van der Waals surface area contributed by atoms with Gasteiger partial charge in [0, 0.05) is 5.02 Å². The van der Waals surface area contributed by atoms with Crippen molar-refractivity contribution < 1.29 is 0 Å². The molecule has 1 atom stereocenters. The van der Waals surface area contributed by atoms with Crippen LogP contribution in [-0.2, 0) is 6.42 Å². The van der Waals surface area contributed by atoms with Gasteiger partial charge in [0.1, 0.15) is 0 Å². The van der Waals surface area contributed by atoms with Crippen molar-refractivity contribution in [3.05, 3.63) is 82.9 Å². The van der Waals surface area contributed by atoms with E-state index >= 15 is 0 Å². The molecule has 124 valence electrons. The summed E-state index contributed by atoms with van der Waals surface area (Å²) in [6.07, 6.45) is 6.20. The summed E-state index contributed by atoms with van der Waals surface area (Å²) >= 11 is 6.07. The van der Waals surface area contributed by atoms with Crippen molar-refractivity contribution in [3.8, 4) is 0 Å². The molecule has 0 nitrogen and oxygen atoms in total. The summed E-state index contributed by atoms with van der Waals surface area (Å²) in [5, 5.41) is 3.46. The van der Waals surface area contributed by atoms with Crippen molar-refractivity contribution in [1.82, 2.24) is 0 Å². The number of unbranched alkanes of at least 4 members (excludes halogenated alkanes) is 2. The summed E-state index contributed by atoms with van der Waals surface area (Å²) in [6.45, 7) is 2.26. The maximum Gasteiger partial charge on any atom is 0.0406 e. The molecule has 0 aliphatic rings. The van der Waals surface area contributed by atoms with Crippen molar-refractivity contribution in [2.45, 2.75) is 44.9 Å². The van der Waals surface area contributed by atoms with Crippen LogP contribution in [0.4, 0.5) is 0 Å². The molecule has 0 radical (unpaired) electrons. The number of benzene rings is 3. The molecule has 0 heterocycles. The molecule has 1 unspecified atom stereocenters. The molecule has 3 rings (SSSR count). The maximum atomic E-state index is 6.07. The normalized spacial score (nSPS) is 12.4. The van der Waals surface area contributed by atoms with Crippen LogP contribution in [0, 0.1) is 0 Å². The summed E-state index contributed by atoms with van der Waals surface area (Å²) < 4.78 is 0. The second-order valence-electron chi connectivity index (χ2n) is 6.63. The van der Waals surface area contributed by atoms with Gasteiger partial charge in [-0.1, -0.05) is 92.4 Å². The maximum absolute atomic E-state index is 6.07. The molecule has 0 N–H and O–H groups in total. The zero-order chi connectivity index (χ0) is 16.8. The van der Waals surface area contributed by atoms with Crippen molar-refractivity contribution in [2.24, 2.45) is 0 Å². The summed E-state index contributed by atoms with van der Waals surface area (Å²) in [5.74, 6) is 0.565. The van der Waals surface area contributed by atoms with E-state index in [1.807, 2.05) is 12.1 Å². The zero-order valence-corrected chi connectivity index (χ0v) is 15.1. The molecule has 3 aromatic carbocycles. The molecule has 0 aliphatic heterocycles. The van der Waals surface area contributed by atoms with Gasteiger partial charge in [-0.25, -0.2) is 0 Å². The zero-order valence-electron chi connectivity index (χ0n) is 14.3. The average molecular weight is 337 g/mol. The van der Waals surface area contributed by atoms with Crippen LogP contribution in [0.1, 0.15) is 49.7 Å². The van der Waals surface area contributed by atoms with Crippen LogP contribution >= 0.6 is 11.6 Å². The van der Waals surface area contributed by atoms with Gasteiger partial charge in [0.05, 0.1) is 0 Å². The van der Waals surface area contributed by atoms with Crippen LogP contribution in [0.15, 0.2) is 66.7 Å². The van der Waals surface area contributed by atoms with Crippen LogP contribution in [0.5, 0.6) is 0 Å². The largest absolute Gasteiger partial charge is 0.0843 e. The molecule has 0 saturated heterocycles. The Balaban J connectivity index is 1.82. The standard InChI is InChI=1S/C23H25Cl/c1-2-3-4-8-22(20-12-14-23(24)15-13-20)17-18-10-11-19-7-5-6-9-21(19)16-18/h5-7,9-16,22H,2-4,8,17H2,1H3. The van der Waals surface area contributed by atoms with E-state index in [0.29, 0.717) is 5.92 Å². The molecule has 0 bridgehead atoms. The molecule has 0 amide bonds. The van der Waals surface area contributed by atoms with Gasteiger partial charge in [0.15, 0.2) is 0 Å². The molecule has 0 saturated carbocycles. The molecule has 0 aromatic heterocycles. The minimum absolute atomic E-state index is 0.565. The monoisotopic (exact) mass is 336 g/mol. The van der Waals surface area contributed by atoms with Crippen LogP contribution in [0.2, 0.25) is 5.02 Å². The molecule has 24 heavy (non-hydrogen) atoms. The molecule has 0 fully saturated rings. The van der Waals surface area contributed by atoms with Crippen molar-refractivity contribution >= 4 is 22.4 Å². The van der Waals surface area contributed by atoms with Crippen molar-refractivity contribution in [3.63, 3.8) is 0 Å². The Hall–Kier alpha value is -1.79. The minimum atomic E-state index is 0.565. The lowest BCUT2D eigenvalue weighted by Crippen LogP contribution is -2.03. The van der Waals surface area contributed by atoms with E-state index in [9.17, 15) is 0 Å². The highest BCUT2D eigenvalue weighted by molar-refractivity contribution is 6.30. The summed E-state index contributed by atoms with van der Waals surface area (Å²) in [6, 6.07) is 23.9. The Bertz CT molecular complexity index is 773. The van der Waals surface area contributed by atoms with Gasteiger partial charge in [-0.15, -0.1) is 0 Å². The molecule has 1 heteroatoms. The Kier molecular flexibility index (Phi) is 5.93. The van der Waals surface area contributed by atoms with Gasteiger partial charge in [-0.2, -0.15) is 0 Å². The van der Waals surface area contributed by atoms with Gasteiger partial charge in [0.2, 0.25) is 0 Å². The lowest BCUT2D eigenvalue weighted by atomic mass is 9.87. The van der Waals surface area contributed by atoms with Crippen molar-refractivity contribution in [1.29, 1.82) is 0 Å².